The Bertz CT molecular complexity index is 342. The SMILES string of the molecule is CC(NC(=O)N1CCCC(CC(=O)O)C1)C1CCC1. The number of piperidine rings is 1. The number of amides is 2. The molecule has 0 aromatic heterocycles. The average molecular weight is 268 g/mol. The van der Waals surface area contributed by atoms with Crippen molar-refractivity contribution in [3.8, 4) is 0 Å². The molecule has 19 heavy (non-hydrogen) atoms. The number of carbonyl (C=O) groups is 2. The Morgan fingerprint density at radius 2 is 2.05 bits per heavy atom. The van der Waals surface area contributed by atoms with Crippen LogP contribution in [0.4, 0.5) is 4.79 Å². The minimum atomic E-state index is -0.768. The van der Waals surface area contributed by atoms with Gasteiger partial charge in [0.05, 0.1) is 0 Å². The van der Waals surface area contributed by atoms with Gasteiger partial charge in [-0.15, -0.1) is 0 Å². The maximum atomic E-state index is 12.2. The number of carboxylic acid groups (broad SMARTS) is 1. The van der Waals surface area contributed by atoms with E-state index in [9.17, 15) is 9.59 Å². The van der Waals surface area contributed by atoms with Gasteiger partial charge >= 0.3 is 12.0 Å². The van der Waals surface area contributed by atoms with Crippen LogP contribution in [0.5, 0.6) is 0 Å². The quantitative estimate of drug-likeness (QED) is 0.820. The Morgan fingerprint density at radius 1 is 1.32 bits per heavy atom. The molecule has 0 aromatic rings. The summed E-state index contributed by atoms with van der Waals surface area (Å²) >= 11 is 0. The molecule has 5 heteroatoms. The molecule has 108 valence electrons. The molecule has 2 N–H and O–H groups in total. The van der Waals surface area contributed by atoms with Crippen LogP contribution in [0.3, 0.4) is 0 Å². The van der Waals surface area contributed by atoms with Crippen molar-refractivity contribution in [3.63, 3.8) is 0 Å². The van der Waals surface area contributed by atoms with E-state index in [0.717, 1.165) is 19.4 Å². The predicted octanol–water partition coefficient (Wildman–Crippen LogP) is 2.07. The number of likely N-dealkylation sites (tertiary alicyclic amines) is 1. The lowest BCUT2D eigenvalue weighted by Crippen LogP contribution is -2.50. The van der Waals surface area contributed by atoms with E-state index in [0.29, 0.717) is 12.5 Å². The summed E-state index contributed by atoms with van der Waals surface area (Å²) in [5.74, 6) is -0.0327. The Labute approximate surface area is 114 Å². The number of hydrogen-bond donors (Lipinski definition) is 2. The van der Waals surface area contributed by atoms with Crippen LogP contribution in [0.1, 0.15) is 45.4 Å². The van der Waals surface area contributed by atoms with E-state index in [1.807, 2.05) is 0 Å². The molecule has 1 saturated carbocycles. The van der Waals surface area contributed by atoms with Gasteiger partial charge in [-0.3, -0.25) is 4.79 Å². The second kappa shape index (κ2) is 6.26. The zero-order valence-corrected chi connectivity index (χ0v) is 11.6. The molecular weight excluding hydrogens is 244 g/mol. The fourth-order valence-electron chi connectivity index (χ4n) is 3.01. The number of carbonyl (C=O) groups excluding carboxylic acids is 1. The van der Waals surface area contributed by atoms with Crippen LogP contribution in [0.2, 0.25) is 0 Å². The van der Waals surface area contributed by atoms with E-state index < -0.39 is 5.97 Å². The third-order valence-corrected chi connectivity index (χ3v) is 4.48. The topological polar surface area (TPSA) is 69.6 Å². The molecule has 0 radical (unpaired) electrons. The number of carboxylic acids is 1. The lowest BCUT2D eigenvalue weighted by molar-refractivity contribution is -0.138. The van der Waals surface area contributed by atoms with Gasteiger partial charge in [0, 0.05) is 25.6 Å². The summed E-state index contributed by atoms with van der Waals surface area (Å²) in [6.45, 7) is 3.40. The molecule has 0 aromatic carbocycles. The lowest BCUT2D eigenvalue weighted by atomic mass is 9.80. The maximum absolute atomic E-state index is 12.2. The molecule has 2 fully saturated rings. The highest BCUT2D eigenvalue weighted by atomic mass is 16.4. The summed E-state index contributed by atoms with van der Waals surface area (Å²) in [5, 5.41) is 11.9. The normalized spacial score (nSPS) is 25.5. The summed E-state index contributed by atoms with van der Waals surface area (Å²) in [6.07, 6.45) is 5.68. The van der Waals surface area contributed by atoms with Crippen molar-refractivity contribution >= 4 is 12.0 Å². The molecule has 1 aliphatic carbocycles. The van der Waals surface area contributed by atoms with Gasteiger partial charge in [-0.05, 0) is 44.4 Å². The molecule has 2 atom stereocenters. The van der Waals surface area contributed by atoms with Crippen LogP contribution in [0.25, 0.3) is 0 Å². The van der Waals surface area contributed by atoms with Crippen molar-refractivity contribution in [1.82, 2.24) is 10.2 Å². The van der Waals surface area contributed by atoms with Gasteiger partial charge in [-0.1, -0.05) is 6.42 Å². The number of rotatable bonds is 4. The molecule has 1 aliphatic heterocycles. The number of hydrogen-bond acceptors (Lipinski definition) is 2. The van der Waals surface area contributed by atoms with Gasteiger partial charge in [0.1, 0.15) is 0 Å². The first-order chi connectivity index (χ1) is 9.06. The Kier molecular flexibility index (Phi) is 4.66. The lowest BCUT2D eigenvalue weighted by Gasteiger charge is -2.36. The third-order valence-electron chi connectivity index (χ3n) is 4.48. The first-order valence-electron chi connectivity index (χ1n) is 7.33. The fourth-order valence-corrected chi connectivity index (χ4v) is 3.01. The van der Waals surface area contributed by atoms with Crippen LogP contribution < -0.4 is 5.32 Å². The van der Waals surface area contributed by atoms with Gasteiger partial charge in [-0.25, -0.2) is 4.79 Å². The highest BCUT2D eigenvalue weighted by molar-refractivity contribution is 5.75. The highest BCUT2D eigenvalue weighted by Gasteiger charge is 2.29. The molecule has 5 nitrogen and oxygen atoms in total. The summed E-state index contributed by atoms with van der Waals surface area (Å²) in [4.78, 5) is 24.7. The number of nitrogens with one attached hydrogen (secondary N) is 1. The van der Waals surface area contributed by atoms with E-state index in [1.165, 1.54) is 19.3 Å². The third kappa shape index (κ3) is 3.85. The monoisotopic (exact) mass is 268 g/mol. The molecule has 1 saturated heterocycles. The molecule has 2 amide bonds. The van der Waals surface area contributed by atoms with Crippen LogP contribution in [-0.2, 0) is 4.79 Å². The molecule has 2 rings (SSSR count). The van der Waals surface area contributed by atoms with Gasteiger partial charge in [0.2, 0.25) is 0 Å². The van der Waals surface area contributed by atoms with E-state index >= 15 is 0 Å². The van der Waals surface area contributed by atoms with Crippen molar-refractivity contribution in [3.05, 3.63) is 0 Å². The fraction of sp³-hybridized carbons (Fsp3) is 0.857. The Morgan fingerprint density at radius 3 is 2.63 bits per heavy atom. The Balaban J connectivity index is 1.79. The van der Waals surface area contributed by atoms with Gasteiger partial charge < -0.3 is 15.3 Å². The van der Waals surface area contributed by atoms with Crippen LogP contribution >= 0.6 is 0 Å². The van der Waals surface area contributed by atoms with Gasteiger partial charge in [0.15, 0.2) is 0 Å². The minimum absolute atomic E-state index is 0.0190. The second-order valence-electron chi connectivity index (χ2n) is 5.98. The number of nitrogens with zero attached hydrogens (tertiary/aromatic N) is 1. The van der Waals surface area contributed by atoms with E-state index in [1.54, 1.807) is 4.90 Å². The van der Waals surface area contributed by atoms with Crippen LogP contribution in [0, 0.1) is 11.8 Å². The summed E-state index contributed by atoms with van der Waals surface area (Å²) in [5.41, 5.74) is 0. The van der Waals surface area contributed by atoms with E-state index in [2.05, 4.69) is 12.2 Å². The van der Waals surface area contributed by atoms with Crippen molar-refractivity contribution in [2.24, 2.45) is 11.8 Å². The maximum Gasteiger partial charge on any atom is 0.317 e. The zero-order chi connectivity index (χ0) is 13.8. The second-order valence-corrected chi connectivity index (χ2v) is 5.98. The Hall–Kier alpha value is -1.26. The van der Waals surface area contributed by atoms with Crippen molar-refractivity contribution in [2.75, 3.05) is 13.1 Å². The largest absolute Gasteiger partial charge is 0.481 e. The summed E-state index contributed by atoms with van der Waals surface area (Å²) < 4.78 is 0. The van der Waals surface area contributed by atoms with Gasteiger partial charge in [-0.2, -0.15) is 0 Å². The van der Waals surface area contributed by atoms with Gasteiger partial charge in [0.25, 0.3) is 0 Å². The number of urea groups is 1. The molecule has 2 aliphatic rings. The average Bonchev–Trinajstić information content (AvgIpc) is 2.25. The molecule has 0 spiro atoms. The van der Waals surface area contributed by atoms with Crippen molar-refractivity contribution in [1.29, 1.82) is 0 Å². The van der Waals surface area contributed by atoms with E-state index in [-0.39, 0.29) is 24.4 Å². The summed E-state index contributed by atoms with van der Waals surface area (Å²) in [7, 11) is 0. The zero-order valence-electron chi connectivity index (χ0n) is 11.6. The standard InChI is InChI=1S/C14H24N2O3/c1-10(12-5-2-6-12)15-14(19)16-7-3-4-11(9-16)8-13(17)18/h10-12H,2-9H2,1H3,(H,15,19)(H,17,18). The predicted molar refractivity (Wildman–Crippen MR) is 71.9 cm³/mol. The molecule has 0 bridgehead atoms. The van der Waals surface area contributed by atoms with Crippen LogP contribution in [-0.4, -0.2) is 41.1 Å². The molecule has 1 heterocycles. The summed E-state index contributed by atoms with van der Waals surface area (Å²) in [6, 6.07) is 0.218. The number of aliphatic carboxylic acids is 1. The van der Waals surface area contributed by atoms with Crippen molar-refractivity contribution < 1.29 is 14.7 Å². The smallest absolute Gasteiger partial charge is 0.317 e. The first-order valence-corrected chi connectivity index (χ1v) is 7.33. The van der Waals surface area contributed by atoms with Crippen LogP contribution in [0.15, 0.2) is 0 Å². The van der Waals surface area contributed by atoms with Crippen molar-refractivity contribution in [2.45, 2.75) is 51.5 Å². The van der Waals surface area contributed by atoms with E-state index in [4.69, 9.17) is 5.11 Å². The highest BCUT2D eigenvalue weighted by Crippen LogP contribution is 2.29. The molecular formula is C14H24N2O3. The minimum Gasteiger partial charge on any atom is -0.481 e. The first kappa shape index (κ1) is 14.2. The molecule has 2 unspecified atom stereocenters.